The summed E-state index contributed by atoms with van der Waals surface area (Å²) in [5.41, 5.74) is 8.21. The van der Waals surface area contributed by atoms with Crippen molar-refractivity contribution < 1.29 is 18.7 Å². The Hall–Kier alpha value is -3.65. The summed E-state index contributed by atoms with van der Waals surface area (Å²) in [6, 6.07) is 10.8. The fourth-order valence-electron chi connectivity index (χ4n) is 2.29. The average Bonchev–Trinajstić information content (AvgIpc) is 3.01. The molecule has 1 aromatic carbocycles. The molecule has 7 nitrogen and oxygen atoms in total. The Morgan fingerprint density at radius 2 is 1.83 bits per heavy atom. The summed E-state index contributed by atoms with van der Waals surface area (Å²) in [6.45, 7) is 0. The first-order valence-corrected chi connectivity index (χ1v) is 8.31. The highest BCUT2D eigenvalue weighted by molar-refractivity contribution is 6.31. The molecule has 0 atom stereocenters. The van der Waals surface area contributed by atoms with Crippen molar-refractivity contribution in [1.82, 2.24) is 9.97 Å². The molecule has 3 heterocycles. The number of carbonyl (C=O) groups is 1. The number of hydrogen-bond acceptors (Lipinski definition) is 7. The molecule has 0 spiro atoms. The van der Waals surface area contributed by atoms with Gasteiger partial charge in [0.1, 0.15) is 28.5 Å². The molecule has 0 saturated carbocycles. The molecule has 0 amide bonds. The van der Waals surface area contributed by atoms with Crippen LogP contribution in [-0.4, -0.2) is 21.4 Å². The summed E-state index contributed by atoms with van der Waals surface area (Å²) >= 11 is 5.73. The third kappa shape index (κ3) is 5.45. The Bertz CT molecular complexity index is 1130. The topological polar surface area (TPSA) is 114 Å². The lowest BCUT2D eigenvalue weighted by Gasteiger charge is -2.05. The summed E-state index contributed by atoms with van der Waals surface area (Å²) in [5.74, 6) is -0.336. The number of nitrogens with two attached hydrogens (primary N) is 1. The van der Waals surface area contributed by atoms with Crippen LogP contribution in [0.25, 0.3) is 11.1 Å². The molecule has 30 heavy (non-hydrogen) atoms. The average molecular weight is 433 g/mol. The maximum absolute atomic E-state index is 13.1. The van der Waals surface area contributed by atoms with E-state index in [4.69, 9.17) is 26.9 Å². The quantitative estimate of drug-likeness (QED) is 0.349. The van der Waals surface area contributed by atoms with Gasteiger partial charge >= 0.3 is 0 Å². The molecule has 9 heteroatoms. The van der Waals surface area contributed by atoms with Gasteiger partial charge in [0.25, 0.3) is 0 Å². The number of nitrogen functional groups attached to an aromatic ring is 1. The van der Waals surface area contributed by atoms with Crippen LogP contribution in [0.1, 0.15) is 25.3 Å². The molecule has 0 aliphatic rings. The van der Waals surface area contributed by atoms with Gasteiger partial charge in [-0.1, -0.05) is 26.5 Å². The highest BCUT2D eigenvalue weighted by Gasteiger charge is 2.13. The van der Waals surface area contributed by atoms with Crippen LogP contribution in [0, 0.1) is 5.82 Å². The SMILES string of the molecule is C.C.Nc1oc2cccnc2c1Nc1ccc(F)c(Cl)c1.O=Cc1ncccc1O. The Morgan fingerprint density at radius 1 is 1.13 bits per heavy atom. The number of anilines is 3. The number of halogens is 2. The lowest BCUT2D eigenvalue weighted by Crippen LogP contribution is -1.94. The molecule has 0 aliphatic heterocycles. The van der Waals surface area contributed by atoms with Crippen molar-refractivity contribution in [2.45, 2.75) is 14.9 Å². The fourth-order valence-corrected chi connectivity index (χ4v) is 2.47. The van der Waals surface area contributed by atoms with Gasteiger partial charge in [-0.05, 0) is 42.5 Å². The van der Waals surface area contributed by atoms with Gasteiger partial charge < -0.3 is 20.6 Å². The van der Waals surface area contributed by atoms with Crippen LogP contribution in [0.15, 0.2) is 59.3 Å². The van der Waals surface area contributed by atoms with Crippen LogP contribution in [0.2, 0.25) is 5.02 Å². The first-order valence-electron chi connectivity index (χ1n) is 7.94. The second-order valence-electron chi connectivity index (χ2n) is 5.47. The number of fused-ring (bicyclic) bond motifs is 1. The number of benzene rings is 1. The molecule has 4 aromatic rings. The second kappa shape index (κ2) is 10.8. The number of nitrogens with one attached hydrogen (secondary N) is 1. The lowest BCUT2D eigenvalue weighted by molar-refractivity contribution is 0.111. The monoisotopic (exact) mass is 432 g/mol. The van der Waals surface area contributed by atoms with Crippen LogP contribution in [0.5, 0.6) is 5.75 Å². The summed E-state index contributed by atoms with van der Waals surface area (Å²) in [6.07, 6.45) is 3.60. The summed E-state index contributed by atoms with van der Waals surface area (Å²) < 4.78 is 18.5. The number of hydrogen-bond donors (Lipinski definition) is 3. The molecule has 158 valence electrons. The standard InChI is InChI=1S/C13H9ClFN3O.C6H5NO2.2CH4/c14-8-6-7(3-4-9(8)15)18-12-11-10(19-13(12)16)2-1-5-17-11;8-4-5-6(9)2-1-3-7-5;;/h1-6,18H,16H2;1-4,9H;2*1H4. The molecule has 0 aliphatic carbocycles. The van der Waals surface area contributed by atoms with Crippen molar-refractivity contribution in [2.75, 3.05) is 11.1 Å². The van der Waals surface area contributed by atoms with Gasteiger partial charge in [-0.25, -0.2) is 9.37 Å². The fraction of sp³-hybridized carbons (Fsp3) is 0.0952. The van der Waals surface area contributed by atoms with Gasteiger partial charge in [-0.3, -0.25) is 9.78 Å². The maximum Gasteiger partial charge on any atom is 0.217 e. The minimum Gasteiger partial charge on any atom is -0.506 e. The Labute approximate surface area is 178 Å². The van der Waals surface area contributed by atoms with Crippen molar-refractivity contribution >= 4 is 46.2 Å². The molecule has 0 saturated heterocycles. The highest BCUT2D eigenvalue weighted by Crippen LogP contribution is 2.34. The first-order chi connectivity index (χ1) is 13.5. The number of furan rings is 1. The van der Waals surface area contributed by atoms with Crippen molar-refractivity contribution in [3.8, 4) is 5.75 Å². The van der Waals surface area contributed by atoms with Gasteiger partial charge in [0.15, 0.2) is 11.9 Å². The minimum absolute atomic E-state index is 0. The van der Waals surface area contributed by atoms with E-state index in [0.717, 1.165) is 0 Å². The Balaban J connectivity index is 0.000000351. The van der Waals surface area contributed by atoms with E-state index < -0.39 is 5.82 Å². The molecule has 0 unspecified atom stereocenters. The lowest BCUT2D eigenvalue weighted by atomic mass is 10.3. The van der Waals surface area contributed by atoms with E-state index in [-0.39, 0.29) is 37.2 Å². The Kier molecular flexibility index (Phi) is 8.76. The van der Waals surface area contributed by atoms with Crippen molar-refractivity contribution in [1.29, 1.82) is 0 Å². The van der Waals surface area contributed by atoms with Crippen LogP contribution >= 0.6 is 11.6 Å². The molecular formula is C21H22ClFN4O3. The second-order valence-corrected chi connectivity index (χ2v) is 5.88. The number of nitrogens with zero attached hydrogens (tertiary/aromatic N) is 2. The van der Waals surface area contributed by atoms with Gasteiger partial charge in [0, 0.05) is 18.1 Å². The van der Waals surface area contributed by atoms with E-state index in [2.05, 4.69) is 15.3 Å². The third-order valence-electron chi connectivity index (χ3n) is 3.59. The minimum atomic E-state index is -0.477. The molecule has 3 aromatic heterocycles. The van der Waals surface area contributed by atoms with Crippen molar-refractivity contribution in [3.05, 3.63) is 71.4 Å². The smallest absolute Gasteiger partial charge is 0.217 e. The van der Waals surface area contributed by atoms with Gasteiger partial charge in [-0.15, -0.1) is 0 Å². The third-order valence-corrected chi connectivity index (χ3v) is 3.88. The van der Waals surface area contributed by atoms with E-state index in [1.807, 2.05) is 0 Å². The molecule has 0 fully saturated rings. The number of pyridine rings is 2. The number of rotatable bonds is 3. The zero-order valence-corrected chi connectivity index (χ0v) is 15.0. The largest absolute Gasteiger partial charge is 0.506 e. The van der Waals surface area contributed by atoms with E-state index in [0.29, 0.717) is 28.8 Å². The molecule has 4 N–H and O–H groups in total. The van der Waals surface area contributed by atoms with E-state index in [9.17, 15) is 9.18 Å². The number of carbonyl (C=O) groups excluding carboxylic acids is 1. The van der Waals surface area contributed by atoms with E-state index >= 15 is 0 Å². The number of aromatic hydroxyl groups is 1. The van der Waals surface area contributed by atoms with Crippen LogP contribution in [-0.2, 0) is 0 Å². The van der Waals surface area contributed by atoms with Crippen LogP contribution < -0.4 is 11.1 Å². The van der Waals surface area contributed by atoms with Gasteiger partial charge in [0.2, 0.25) is 5.88 Å². The molecule has 0 radical (unpaired) electrons. The number of aromatic nitrogens is 2. The maximum atomic E-state index is 13.1. The van der Waals surface area contributed by atoms with Crippen molar-refractivity contribution in [2.24, 2.45) is 0 Å². The molecule has 4 rings (SSSR count). The summed E-state index contributed by atoms with van der Waals surface area (Å²) in [4.78, 5) is 17.8. The zero-order valence-electron chi connectivity index (χ0n) is 14.3. The Morgan fingerprint density at radius 3 is 2.47 bits per heavy atom. The zero-order chi connectivity index (χ0) is 20.1. The van der Waals surface area contributed by atoms with E-state index in [1.54, 1.807) is 30.5 Å². The molecular weight excluding hydrogens is 411 g/mol. The van der Waals surface area contributed by atoms with Gasteiger partial charge in [-0.2, -0.15) is 0 Å². The summed E-state index contributed by atoms with van der Waals surface area (Å²) in [5, 5.41) is 11.9. The normalized spacial score (nSPS) is 9.53. The van der Waals surface area contributed by atoms with Crippen LogP contribution in [0.3, 0.4) is 0 Å². The summed E-state index contributed by atoms with van der Waals surface area (Å²) in [7, 11) is 0. The van der Waals surface area contributed by atoms with Gasteiger partial charge in [0.05, 0.1) is 5.02 Å². The molecule has 0 bridgehead atoms. The van der Waals surface area contributed by atoms with Crippen LogP contribution in [0.4, 0.5) is 21.6 Å². The predicted molar refractivity (Wildman–Crippen MR) is 118 cm³/mol. The number of aldehydes is 1. The predicted octanol–water partition coefficient (Wildman–Crippen LogP) is 5.82. The highest BCUT2D eigenvalue weighted by atomic mass is 35.5. The van der Waals surface area contributed by atoms with Crippen molar-refractivity contribution in [3.63, 3.8) is 0 Å². The van der Waals surface area contributed by atoms with E-state index in [1.165, 1.54) is 24.4 Å². The first kappa shape index (κ1) is 24.4.